The highest BCUT2D eigenvalue weighted by atomic mass is 32.1. The Morgan fingerprint density at radius 2 is 2.11 bits per heavy atom. The van der Waals surface area contributed by atoms with Gasteiger partial charge in [0, 0.05) is 6.04 Å². The SMILES string of the molecule is Cc1nc(N)sc1C(=O)NC1CCCCCC1C. The van der Waals surface area contributed by atoms with Crippen LogP contribution in [-0.2, 0) is 0 Å². The summed E-state index contributed by atoms with van der Waals surface area (Å²) in [5.41, 5.74) is 6.36. The number of rotatable bonds is 2. The Labute approximate surface area is 112 Å². The van der Waals surface area contributed by atoms with Crippen molar-refractivity contribution in [1.82, 2.24) is 10.3 Å². The summed E-state index contributed by atoms with van der Waals surface area (Å²) < 4.78 is 0. The van der Waals surface area contributed by atoms with Gasteiger partial charge in [0.2, 0.25) is 0 Å². The number of hydrogen-bond acceptors (Lipinski definition) is 4. The Hall–Kier alpha value is -1.10. The third kappa shape index (κ3) is 3.02. The summed E-state index contributed by atoms with van der Waals surface area (Å²) in [6, 6.07) is 0.294. The van der Waals surface area contributed by atoms with Gasteiger partial charge in [0.15, 0.2) is 5.13 Å². The van der Waals surface area contributed by atoms with Gasteiger partial charge in [-0.3, -0.25) is 4.79 Å². The molecular formula is C13H21N3OS. The van der Waals surface area contributed by atoms with Crippen molar-refractivity contribution in [1.29, 1.82) is 0 Å². The molecule has 1 heterocycles. The van der Waals surface area contributed by atoms with Gasteiger partial charge in [-0.1, -0.05) is 37.5 Å². The van der Waals surface area contributed by atoms with Crippen LogP contribution < -0.4 is 11.1 Å². The predicted molar refractivity (Wildman–Crippen MR) is 74.8 cm³/mol. The third-order valence-corrected chi connectivity index (χ3v) is 4.68. The van der Waals surface area contributed by atoms with E-state index in [-0.39, 0.29) is 5.91 Å². The zero-order chi connectivity index (χ0) is 13.1. The maximum atomic E-state index is 12.2. The molecule has 4 nitrogen and oxygen atoms in total. The van der Waals surface area contributed by atoms with Crippen molar-refractivity contribution in [2.24, 2.45) is 5.92 Å². The maximum Gasteiger partial charge on any atom is 0.263 e. The Morgan fingerprint density at radius 3 is 2.78 bits per heavy atom. The fraction of sp³-hybridized carbons (Fsp3) is 0.692. The first-order valence-corrected chi connectivity index (χ1v) is 7.43. The van der Waals surface area contributed by atoms with Crippen molar-refractivity contribution in [3.8, 4) is 0 Å². The molecule has 0 saturated heterocycles. The van der Waals surface area contributed by atoms with E-state index < -0.39 is 0 Å². The molecule has 1 amide bonds. The van der Waals surface area contributed by atoms with Crippen LogP contribution in [0.3, 0.4) is 0 Å². The largest absolute Gasteiger partial charge is 0.375 e. The lowest BCUT2D eigenvalue weighted by Crippen LogP contribution is -2.38. The van der Waals surface area contributed by atoms with E-state index in [1.54, 1.807) is 0 Å². The molecule has 1 aliphatic rings. The van der Waals surface area contributed by atoms with Crippen molar-refractivity contribution >= 4 is 22.4 Å². The van der Waals surface area contributed by atoms with Crippen LogP contribution in [0.25, 0.3) is 0 Å². The molecule has 1 aliphatic carbocycles. The molecule has 1 saturated carbocycles. The molecule has 0 aliphatic heterocycles. The molecule has 2 rings (SSSR count). The Morgan fingerprint density at radius 1 is 1.39 bits per heavy atom. The van der Waals surface area contributed by atoms with Crippen LogP contribution in [0.15, 0.2) is 0 Å². The molecule has 100 valence electrons. The van der Waals surface area contributed by atoms with Crippen LogP contribution in [-0.4, -0.2) is 16.9 Å². The summed E-state index contributed by atoms with van der Waals surface area (Å²) in [6.07, 6.45) is 6.05. The molecular weight excluding hydrogens is 246 g/mol. The summed E-state index contributed by atoms with van der Waals surface area (Å²) in [5, 5.41) is 3.62. The minimum absolute atomic E-state index is 0.0135. The Kier molecular flexibility index (Phi) is 4.22. The van der Waals surface area contributed by atoms with E-state index in [1.165, 1.54) is 37.0 Å². The van der Waals surface area contributed by atoms with Gasteiger partial charge < -0.3 is 11.1 Å². The lowest BCUT2D eigenvalue weighted by atomic mass is 9.97. The van der Waals surface area contributed by atoms with Gasteiger partial charge in [-0.2, -0.15) is 0 Å². The minimum Gasteiger partial charge on any atom is -0.375 e. The highest BCUT2D eigenvalue weighted by molar-refractivity contribution is 7.17. The molecule has 18 heavy (non-hydrogen) atoms. The van der Waals surface area contributed by atoms with Gasteiger partial charge in [0.25, 0.3) is 5.91 Å². The van der Waals surface area contributed by atoms with Crippen molar-refractivity contribution < 1.29 is 4.79 Å². The van der Waals surface area contributed by atoms with Crippen molar-refractivity contribution in [2.45, 2.75) is 52.0 Å². The molecule has 0 radical (unpaired) electrons. The van der Waals surface area contributed by atoms with E-state index in [4.69, 9.17) is 5.73 Å². The first kappa shape index (κ1) is 13.3. The van der Waals surface area contributed by atoms with Gasteiger partial charge in [-0.05, 0) is 25.7 Å². The number of thiazole rings is 1. The fourth-order valence-corrected chi connectivity index (χ4v) is 3.31. The van der Waals surface area contributed by atoms with Crippen LogP contribution >= 0.6 is 11.3 Å². The zero-order valence-electron chi connectivity index (χ0n) is 11.0. The second-order valence-electron chi connectivity index (χ2n) is 5.16. The first-order valence-electron chi connectivity index (χ1n) is 6.61. The normalized spacial score (nSPS) is 24.6. The van der Waals surface area contributed by atoms with Crippen LogP contribution in [0.4, 0.5) is 5.13 Å². The number of aromatic nitrogens is 1. The van der Waals surface area contributed by atoms with Gasteiger partial charge >= 0.3 is 0 Å². The molecule has 5 heteroatoms. The number of carbonyl (C=O) groups excluding carboxylic acids is 1. The van der Waals surface area contributed by atoms with Crippen LogP contribution in [0.5, 0.6) is 0 Å². The van der Waals surface area contributed by atoms with Gasteiger partial charge in [0.1, 0.15) is 4.88 Å². The minimum atomic E-state index is -0.0135. The van der Waals surface area contributed by atoms with E-state index in [9.17, 15) is 4.79 Å². The second-order valence-corrected chi connectivity index (χ2v) is 6.19. The second kappa shape index (κ2) is 5.69. The molecule has 2 unspecified atom stereocenters. The summed E-state index contributed by atoms with van der Waals surface area (Å²) in [4.78, 5) is 17.0. The summed E-state index contributed by atoms with van der Waals surface area (Å²) in [7, 11) is 0. The van der Waals surface area contributed by atoms with Crippen molar-refractivity contribution in [3.05, 3.63) is 10.6 Å². The lowest BCUT2D eigenvalue weighted by Gasteiger charge is -2.22. The molecule has 1 aromatic rings. The number of aryl methyl sites for hydroxylation is 1. The number of amides is 1. The average molecular weight is 267 g/mol. The number of hydrogen-bond donors (Lipinski definition) is 2. The topological polar surface area (TPSA) is 68.0 Å². The van der Waals surface area contributed by atoms with Gasteiger partial charge in [-0.15, -0.1) is 0 Å². The number of nitrogens with two attached hydrogens (primary N) is 1. The van der Waals surface area contributed by atoms with E-state index in [1.807, 2.05) is 6.92 Å². The molecule has 2 atom stereocenters. The monoisotopic (exact) mass is 267 g/mol. The average Bonchev–Trinajstić information content (AvgIpc) is 2.52. The highest BCUT2D eigenvalue weighted by Gasteiger charge is 2.23. The standard InChI is InChI=1S/C13H21N3OS/c1-8-6-4-3-5-7-10(8)16-12(17)11-9(2)15-13(14)18-11/h8,10H,3-7H2,1-2H3,(H2,14,15)(H,16,17). The fourth-order valence-electron chi connectivity index (χ4n) is 2.57. The van der Waals surface area contributed by atoms with Gasteiger partial charge in [-0.25, -0.2) is 4.98 Å². The van der Waals surface area contributed by atoms with E-state index >= 15 is 0 Å². The van der Waals surface area contributed by atoms with Crippen LogP contribution in [0.2, 0.25) is 0 Å². The highest BCUT2D eigenvalue weighted by Crippen LogP contribution is 2.25. The van der Waals surface area contributed by atoms with Crippen LogP contribution in [0, 0.1) is 12.8 Å². The van der Waals surface area contributed by atoms with Gasteiger partial charge in [0.05, 0.1) is 5.69 Å². The molecule has 0 bridgehead atoms. The van der Waals surface area contributed by atoms with E-state index in [2.05, 4.69) is 17.2 Å². The molecule has 1 aromatic heterocycles. The zero-order valence-corrected chi connectivity index (χ0v) is 11.8. The summed E-state index contributed by atoms with van der Waals surface area (Å²) in [6.45, 7) is 4.06. The molecule has 0 spiro atoms. The number of anilines is 1. The van der Waals surface area contributed by atoms with Crippen molar-refractivity contribution in [2.75, 3.05) is 5.73 Å². The van der Waals surface area contributed by atoms with Crippen molar-refractivity contribution in [3.63, 3.8) is 0 Å². The Bertz CT molecular complexity index is 430. The summed E-state index contributed by atoms with van der Waals surface area (Å²) in [5.74, 6) is 0.544. The molecule has 0 aromatic carbocycles. The molecule has 1 fully saturated rings. The maximum absolute atomic E-state index is 12.2. The van der Waals surface area contributed by atoms with E-state index in [0.717, 1.165) is 12.1 Å². The predicted octanol–water partition coefficient (Wildman–Crippen LogP) is 2.73. The first-order chi connectivity index (χ1) is 8.58. The molecule has 3 N–H and O–H groups in total. The number of nitrogen functional groups attached to an aromatic ring is 1. The number of nitrogens with one attached hydrogen (secondary N) is 1. The quantitative estimate of drug-likeness (QED) is 0.810. The number of nitrogens with zero attached hydrogens (tertiary/aromatic N) is 1. The summed E-state index contributed by atoms with van der Waals surface area (Å²) >= 11 is 1.27. The lowest BCUT2D eigenvalue weighted by molar-refractivity contribution is 0.0925. The third-order valence-electron chi connectivity index (χ3n) is 3.70. The van der Waals surface area contributed by atoms with E-state index in [0.29, 0.717) is 22.0 Å². The number of carbonyl (C=O) groups is 1. The van der Waals surface area contributed by atoms with Crippen LogP contribution in [0.1, 0.15) is 54.4 Å². The Balaban J connectivity index is 2.04. The smallest absolute Gasteiger partial charge is 0.263 e.